The number of thioether (sulfide) groups is 1. The van der Waals surface area contributed by atoms with Crippen molar-refractivity contribution in [3.8, 4) is 0 Å². The summed E-state index contributed by atoms with van der Waals surface area (Å²) in [5.74, 6) is 0. The number of nitrogens with zero attached hydrogens (tertiary/aromatic N) is 1. The van der Waals surface area contributed by atoms with E-state index in [1.807, 2.05) is 17.8 Å². The molecule has 0 amide bonds. The second-order valence-corrected chi connectivity index (χ2v) is 5.82. The van der Waals surface area contributed by atoms with Gasteiger partial charge in [0.15, 0.2) is 0 Å². The molecule has 2 nitrogen and oxygen atoms in total. The van der Waals surface area contributed by atoms with E-state index in [9.17, 15) is 0 Å². The molecule has 1 fully saturated rings. The highest BCUT2D eigenvalue weighted by molar-refractivity contribution is 8.15. The summed E-state index contributed by atoms with van der Waals surface area (Å²) in [6.45, 7) is 0. The van der Waals surface area contributed by atoms with Crippen molar-refractivity contribution in [1.82, 2.24) is 0 Å². The Hall–Kier alpha value is -0.800. The molecule has 1 aromatic carbocycles. The molecule has 3 rings (SSSR count). The quantitative estimate of drug-likeness (QED) is 0.807. The van der Waals surface area contributed by atoms with Crippen LogP contribution in [0.5, 0.6) is 0 Å². The lowest BCUT2D eigenvalue weighted by molar-refractivity contribution is 0.412. The third-order valence-electron chi connectivity index (χ3n) is 3.36. The summed E-state index contributed by atoms with van der Waals surface area (Å²) in [4.78, 5) is 4.84. The van der Waals surface area contributed by atoms with Crippen LogP contribution in [-0.4, -0.2) is 22.4 Å². The van der Waals surface area contributed by atoms with Gasteiger partial charge < -0.3 is 5.73 Å². The highest BCUT2D eigenvalue weighted by Crippen LogP contribution is 2.38. The largest absolute Gasteiger partial charge is 0.328 e. The van der Waals surface area contributed by atoms with E-state index in [2.05, 4.69) is 24.3 Å². The molecule has 1 heterocycles. The zero-order valence-corrected chi connectivity index (χ0v) is 9.99. The minimum atomic E-state index is 0.388. The third-order valence-corrected chi connectivity index (χ3v) is 4.74. The van der Waals surface area contributed by atoms with Gasteiger partial charge >= 0.3 is 0 Å². The van der Waals surface area contributed by atoms with E-state index in [0.717, 1.165) is 19.3 Å². The number of aliphatic imine (C=N–C) groups is 1. The van der Waals surface area contributed by atoms with Gasteiger partial charge in [0, 0.05) is 16.9 Å². The van der Waals surface area contributed by atoms with Crippen molar-refractivity contribution >= 4 is 16.8 Å². The lowest BCUT2D eigenvalue weighted by atomic mass is 9.92. The smallest absolute Gasteiger partial charge is 0.0984 e. The molecule has 0 radical (unpaired) electrons. The van der Waals surface area contributed by atoms with Gasteiger partial charge in [-0.25, -0.2) is 0 Å². The first kappa shape index (κ1) is 10.4. The van der Waals surface area contributed by atoms with Crippen molar-refractivity contribution in [2.24, 2.45) is 10.7 Å². The second kappa shape index (κ2) is 4.22. The standard InChI is InChI=1S/C13H16N2S/c14-10-6-7-11-12(8-10)16-13(15-11)9-4-2-1-3-5-9/h1-5,10-12H,6-8,14H2. The Morgan fingerprint density at radius 3 is 2.81 bits per heavy atom. The number of benzene rings is 1. The molecule has 3 unspecified atom stereocenters. The predicted octanol–water partition coefficient (Wildman–Crippen LogP) is 2.43. The molecule has 3 atom stereocenters. The molecule has 84 valence electrons. The Balaban J connectivity index is 1.80. The Morgan fingerprint density at radius 1 is 1.19 bits per heavy atom. The topological polar surface area (TPSA) is 38.4 Å². The van der Waals surface area contributed by atoms with Crippen molar-refractivity contribution in [1.29, 1.82) is 0 Å². The number of nitrogens with two attached hydrogens (primary N) is 1. The fourth-order valence-corrected chi connectivity index (χ4v) is 3.92. The minimum absolute atomic E-state index is 0.388. The first-order valence-corrected chi connectivity index (χ1v) is 6.76. The zero-order valence-electron chi connectivity index (χ0n) is 9.17. The summed E-state index contributed by atoms with van der Waals surface area (Å²) in [6.07, 6.45) is 3.41. The Morgan fingerprint density at radius 2 is 2.00 bits per heavy atom. The van der Waals surface area contributed by atoms with Gasteiger partial charge in [0.2, 0.25) is 0 Å². The van der Waals surface area contributed by atoms with Crippen LogP contribution in [0.15, 0.2) is 35.3 Å². The van der Waals surface area contributed by atoms with Crippen molar-refractivity contribution in [3.05, 3.63) is 35.9 Å². The van der Waals surface area contributed by atoms with E-state index in [1.54, 1.807) is 0 Å². The fraction of sp³-hybridized carbons (Fsp3) is 0.462. The summed E-state index contributed by atoms with van der Waals surface area (Å²) in [5.41, 5.74) is 7.27. The number of rotatable bonds is 1. The van der Waals surface area contributed by atoms with Crippen LogP contribution in [0.3, 0.4) is 0 Å². The molecule has 2 N–H and O–H groups in total. The van der Waals surface area contributed by atoms with Gasteiger partial charge in [-0.2, -0.15) is 0 Å². The van der Waals surface area contributed by atoms with E-state index < -0.39 is 0 Å². The molecule has 1 aliphatic carbocycles. The maximum Gasteiger partial charge on any atom is 0.0984 e. The maximum atomic E-state index is 6.01. The second-order valence-electron chi connectivity index (χ2n) is 4.60. The summed E-state index contributed by atoms with van der Waals surface area (Å²) >= 11 is 1.92. The van der Waals surface area contributed by atoms with E-state index >= 15 is 0 Å². The molecular weight excluding hydrogens is 216 g/mol. The van der Waals surface area contributed by atoms with Crippen LogP contribution in [0.4, 0.5) is 0 Å². The molecule has 2 aliphatic rings. The number of hydrogen-bond acceptors (Lipinski definition) is 3. The highest BCUT2D eigenvalue weighted by atomic mass is 32.2. The van der Waals surface area contributed by atoms with Crippen LogP contribution in [0.2, 0.25) is 0 Å². The predicted molar refractivity (Wildman–Crippen MR) is 70.0 cm³/mol. The van der Waals surface area contributed by atoms with Crippen molar-refractivity contribution in [2.45, 2.75) is 36.6 Å². The van der Waals surface area contributed by atoms with Gasteiger partial charge in [0.1, 0.15) is 0 Å². The van der Waals surface area contributed by atoms with Crippen LogP contribution in [0.1, 0.15) is 24.8 Å². The lowest BCUT2D eigenvalue weighted by Gasteiger charge is -2.27. The molecule has 3 heteroatoms. The van der Waals surface area contributed by atoms with Gasteiger partial charge in [0.05, 0.1) is 11.1 Å². The Kier molecular flexibility index (Phi) is 2.74. The fourth-order valence-electron chi connectivity index (χ4n) is 2.47. The molecule has 0 spiro atoms. The Labute approximate surface area is 100 Å². The molecule has 1 aliphatic heterocycles. The summed E-state index contributed by atoms with van der Waals surface area (Å²) in [7, 11) is 0. The molecule has 0 bridgehead atoms. The monoisotopic (exact) mass is 232 g/mol. The van der Waals surface area contributed by atoms with Crippen LogP contribution < -0.4 is 5.73 Å². The van der Waals surface area contributed by atoms with Crippen LogP contribution in [-0.2, 0) is 0 Å². The van der Waals surface area contributed by atoms with E-state index in [0.29, 0.717) is 17.3 Å². The zero-order chi connectivity index (χ0) is 11.0. The number of fused-ring (bicyclic) bond motifs is 1. The summed E-state index contributed by atoms with van der Waals surface area (Å²) in [5, 5.41) is 1.84. The van der Waals surface area contributed by atoms with E-state index in [-0.39, 0.29) is 0 Å². The summed E-state index contributed by atoms with van der Waals surface area (Å²) in [6, 6.07) is 11.4. The van der Waals surface area contributed by atoms with E-state index in [4.69, 9.17) is 10.7 Å². The molecule has 16 heavy (non-hydrogen) atoms. The van der Waals surface area contributed by atoms with Crippen molar-refractivity contribution in [3.63, 3.8) is 0 Å². The Bertz CT molecular complexity index is 402. The molecule has 0 saturated heterocycles. The van der Waals surface area contributed by atoms with Gasteiger partial charge in [-0.15, -0.1) is 11.8 Å². The molecule has 0 aromatic heterocycles. The SMILES string of the molecule is NC1CCC2N=C(c3ccccc3)SC2C1. The van der Waals surface area contributed by atoms with Gasteiger partial charge in [-0.05, 0) is 19.3 Å². The molecule has 1 saturated carbocycles. The summed E-state index contributed by atoms with van der Waals surface area (Å²) < 4.78 is 0. The van der Waals surface area contributed by atoms with Gasteiger partial charge in [-0.1, -0.05) is 30.3 Å². The van der Waals surface area contributed by atoms with E-state index in [1.165, 1.54) is 10.6 Å². The highest BCUT2D eigenvalue weighted by Gasteiger charge is 2.35. The lowest BCUT2D eigenvalue weighted by Crippen LogP contribution is -2.35. The average molecular weight is 232 g/mol. The van der Waals surface area contributed by atoms with Crippen LogP contribution in [0, 0.1) is 0 Å². The van der Waals surface area contributed by atoms with Gasteiger partial charge in [-0.3, -0.25) is 4.99 Å². The maximum absolute atomic E-state index is 6.01. The normalized spacial score (nSPS) is 33.3. The number of hydrogen-bond donors (Lipinski definition) is 1. The van der Waals surface area contributed by atoms with Crippen LogP contribution in [0.25, 0.3) is 0 Å². The average Bonchev–Trinajstić information content (AvgIpc) is 2.73. The van der Waals surface area contributed by atoms with Crippen molar-refractivity contribution < 1.29 is 0 Å². The van der Waals surface area contributed by atoms with Crippen molar-refractivity contribution in [2.75, 3.05) is 0 Å². The van der Waals surface area contributed by atoms with Crippen LogP contribution >= 0.6 is 11.8 Å². The first-order valence-electron chi connectivity index (χ1n) is 5.88. The van der Waals surface area contributed by atoms with Gasteiger partial charge in [0.25, 0.3) is 0 Å². The third kappa shape index (κ3) is 1.89. The molecule has 1 aromatic rings. The molecular formula is C13H16N2S. The minimum Gasteiger partial charge on any atom is -0.328 e. The first-order chi connectivity index (χ1) is 7.83.